The van der Waals surface area contributed by atoms with Gasteiger partial charge in [-0.15, -0.1) is 11.3 Å². The van der Waals surface area contributed by atoms with Crippen LogP contribution in [0.3, 0.4) is 0 Å². The van der Waals surface area contributed by atoms with Gasteiger partial charge in [0.25, 0.3) is 0 Å². The van der Waals surface area contributed by atoms with Crippen molar-refractivity contribution in [3.05, 3.63) is 17.3 Å². The lowest BCUT2D eigenvalue weighted by atomic mass is 10.3. The van der Waals surface area contributed by atoms with Crippen LogP contribution in [0.25, 0.3) is 10.2 Å². The minimum Gasteiger partial charge on any atom is -0.379 e. The number of hydrogen-bond donors (Lipinski definition) is 1. The minimum absolute atomic E-state index is 0.0418. The molecule has 2 aromatic rings. The molecule has 0 radical (unpaired) electrons. The van der Waals surface area contributed by atoms with Gasteiger partial charge in [-0.3, -0.25) is 0 Å². The number of nitrogens with zero attached hydrogens (tertiary/aromatic N) is 2. The molecule has 1 N–H and O–H groups in total. The Labute approximate surface area is 123 Å². The molecule has 0 fully saturated rings. The second-order valence-electron chi connectivity index (χ2n) is 4.44. The van der Waals surface area contributed by atoms with Gasteiger partial charge in [-0.1, -0.05) is 0 Å². The summed E-state index contributed by atoms with van der Waals surface area (Å²) in [6, 6.07) is 2.04. The van der Waals surface area contributed by atoms with Gasteiger partial charge in [0.2, 0.25) is 0 Å². The molecular weight excluding hydrogens is 274 g/mol. The number of ether oxygens (including phenoxy) is 2. The number of aromatic nitrogens is 2. The fraction of sp³-hybridized carbons (Fsp3) is 0.571. The molecular formula is C14H21N3O2S. The Balaban J connectivity index is 2.06. The molecule has 2 rings (SSSR count). The molecule has 1 atom stereocenters. The van der Waals surface area contributed by atoms with Crippen LogP contribution < -0.4 is 5.32 Å². The first-order valence-electron chi connectivity index (χ1n) is 6.91. The zero-order chi connectivity index (χ0) is 14.4. The zero-order valence-electron chi connectivity index (χ0n) is 12.2. The molecule has 2 aromatic heterocycles. The molecule has 1 unspecified atom stereocenters. The lowest BCUT2D eigenvalue weighted by Crippen LogP contribution is -2.17. The van der Waals surface area contributed by atoms with Gasteiger partial charge in [0.15, 0.2) is 5.82 Å². The predicted octanol–water partition coefficient (Wildman–Crippen LogP) is 3.06. The van der Waals surface area contributed by atoms with E-state index in [1.807, 2.05) is 25.3 Å². The molecule has 110 valence electrons. The van der Waals surface area contributed by atoms with Crippen molar-refractivity contribution >= 4 is 27.4 Å². The van der Waals surface area contributed by atoms with Crippen LogP contribution >= 0.6 is 11.3 Å². The second kappa shape index (κ2) is 7.52. The minimum atomic E-state index is 0.0418. The first-order valence-corrected chi connectivity index (χ1v) is 7.79. The first-order chi connectivity index (χ1) is 9.74. The Morgan fingerprint density at radius 3 is 2.95 bits per heavy atom. The van der Waals surface area contributed by atoms with Gasteiger partial charge in [0.05, 0.1) is 18.1 Å². The second-order valence-corrected chi connectivity index (χ2v) is 5.33. The van der Waals surface area contributed by atoms with Gasteiger partial charge >= 0.3 is 0 Å². The fourth-order valence-electron chi connectivity index (χ4n) is 1.82. The highest BCUT2D eigenvalue weighted by Crippen LogP contribution is 2.25. The smallest absolute Gasteiger partial charge is 0.158 e. The lowest BCUT2D eigenvalue weighted by Gasteiger charge is -2.13. The number of nitrogens with one attached hydrogen (secondary N) is 1. The van der Waals surface area contributed by atoms with Crippen molar-refractivity contribution in [2.75, 3.05) is 25.1 Å². The predicted molar refractivity (Wildman–Crippen MR) is 82.3 cm³/mol. The third-order valence-corrected chi connectivity index (χ3v) is 3.58. The van der Waals surface area contributed by atoms with E-state index in [1.54, 1.807) is 11.3 Å². The molecule has 2 heterocycles. The summed E-state index contributed by atoms with van der Waals surface area (Å²) in [6.07, 6.45) is 0.0418. The fourth-order valence-corrected chi connectivity index (χ4v) is 2.60. The van der Waals surface area contributed by atoms with Gasteiger partial charge in [0.1, 0.15) is 17.3 Å². The molecule has 5 nitrogen and oxygen atoms in total. The molecule has 0 amide bonds. The number of thiophene rings is 1. The Hall–Kier alpha value is -1.24. The summed E-state index contributed by atoms with van der Waals surface area (Å²) in [5.74, 6) is 1.59. The zero-order valence-corrected chi connectivity index (χ0v) is 13.0. The van der Waals surface area contributed by atoms with E-state index in [0.29, 0.717) is 25.6 Å². The standard InChI is InChI=1S/C14H21N3O2S/c1-4-15-13-11-6-7-20-14(11)17-12(16-13)9-19-10(3)8-18-5-2/h6-7,10H,4-5,8-9H2,1-3H3,(H,15,16,17). The summed E-state index contributed by atoms with van der Waals surface area (Å²) in [7, 11) is 0. The lowest BCUT2D eigenvalue weighted by molar-refractivity contribution is -0.0138. The molecule has 0 saturated heterocycles. The highest BCUT2D eigenvalue weighted by atomic mass is 32.1. The molecule has 0 aliphatic carbocycles. The normalized spacial score (nSPS) is 12.8. The SMILES string of the molecule is CCNc1nc(COC(C)COCC)nc2sccc12. The van der Waals surface area contributed by atoms with Crippen LogP contribution in [0.5, 0.6) is 0 Å². The van der Waals surface area contributed by atoms with Gasteiger partial charge in [-0.25, -0.2) is 9.97 Å². The summed E-state index contributed by atoms with van der Waals surface area (Å²) in [6.45, 7) is 8.56. The van der Waals surface area contributed by atoms with Crippen LogP contribution in [0.1, 0.15) is 26.6 Å². The number of rotatable bonds is 8. The van der Waals surface area contributed by atoms with Crippen molar-refractivity contribution in [2.24, 2.45) is 0 Å². The topological polar surface area (TPSA) is 56.3 Å². The van der Waals surface area contributed by atoms with E-state index < -0.39 is 0 Å². The van der Waals surface area contributed by atoms with Crippen LogP contribution in [0.2, 0.25) is 0 Å². The van der Waals surface area contributed by atoms with Crippen molar-refractivity contribution < 1.29 is 9.47 Å². The maximum absolute atomic E-state index is 5.72. The molecule has 0 aromatic carbocycles. The maximum Gasteiger partial charge on any atom is 0.158 e. The molecule has 20 heavy (non-hydrogen) atoms. The highest BCUT2D eigenvalue weighted by Gasteiger charge is 2.10. The van der Waals surface area contributed by atoms with E-state index in [1.165, 1.54) is 0 Å². The highest BCUT2D eigenvalue weighted by molar-refractivity contribution is 7.16. The van der Waals surface area contributed by atoms with Crippen molar-refractivity contribution in [1.82, 2.24) is 9.97 Å². The molecule has 0 spiro atoms. The summed E-state index contributed by atoms with van der Waals surface area (Å²) in [5, 5.41) is 6.38. The van der Waals surface area contributed by atoms with Crippen LogP contribution in [-0.2, 0) is 16.1 Å². The summed E-state index contributed by atoms with van der Waals surface area (Å²) in [4.78, 5) is 10.1. The number of hydrogen-bond acceptors (Lipinski definition) is 6. The summed E-state index contributed by atoms with van der Waals surface area (Å²) < 4.78 is 11.0. The third kappa shape index (κ3) is 3.88. The van der Waals surface area contributed by atoms with Crippen molar-refractivity contribution in [3.8, 4) is 0 Å². The molecule has 0 aliphatic rings. The van der Waals surface area contributed by atoms with Gasteiger partial charge in [-0.2, -0.15) is 0 Å². The molecule has 0 saturated carbocycles. The Kier molecular flexibility index (Phi) is 5.70. The van der Waals surface area contributed by atoms with Crippen LogP contribution in [0.15, 0.2) is 11.4 Å². The van der Waals surface area contributed by atoms with E-state index >= 15 is 0 Å². The Morgan fingerprint density at radius 2 is 2.20 bits per heavy atom. The van der Waals surface area contributed by atoms with Crippen LogP contribution in [-0.4, -0.2) is 35.8 Å². The van der Waals surface area contributed by atoms with E-state index in [9.17, 15) is 0 Å². The van der Waals surface area contributed by atoms with Crippen LogP contribution in [0.4, 0.5) is 5.82 Å². The van der Waals surface area contributed by atoms with Crippen LogP contribution in [0, 0.1) is 0 Å². The third-order valence-electron chi connectivity index (χ3n) is 2.77. The summed E-state index contributed by atoms with van der Waals surface area (Å²) >= 11 is 1.62. The molecule has 0 bridgehead atoms. The Morgan fingerprint density at radius 1 is 1.35 bits per heavy atom. The van der Waals surface area contributed by atoms with Gasteiger partial charge < -0.3 is 14.8 Å². The van der Waals surface area contributed by atoms with E-state index in [4.69, 9.17) is 9.47 Å². The van der Waals surface area contributed by atoms with E-state index in [-0.39, 0.29) is 6.10 Å². The Bertz CT molecular complexity index is 544. The first kappa shape index (κ1) is 15.2. The number of anilines is 1. The van der Waals surface area contributed by atoms with E-state index in [0.717, 1.165) is 22.6 Å². The molecule has 6 heteroatoms. The maximum atomic E-state index is 5.72. The number of fused-ring (bicyclic) bond motifs is 1. The van der Waals surface area contributed by atoms with Crippen molar-refractivity contribution in [2.45, 2.75) is 33.5 Å². The average Bonchev–Trinajstić information content (AvgIpc) is 2.91. The average molecular weight is 295 g/mol. The monoisotopic (exact) mass is 295 g/mol. The van der Waals surface area contributed by atoms with Gasteiger partial charge in [0, 0.05) is 13.2 Å². The van der Waals surface area contributed by atoms with Gasteiger partial charge in [-0.05, 0) is 32.2 Å². The summed E-state index contributed by atoms with van der Waals surface area (Å²) in [5.41, 5.74) is 0. The van der Waals surface area contributed by atoms with Crippen molar-refractivity contribution in [3.63, 3.8) is 0 Å². The molecule has 0 aliphatic heterocycles. The largest absolute Gasteiger partial charge is 0.379 e. The van der Waals surface area contributed by atoms with Crippen molar-refractivity contribution in [1.29, 1.82) is 0 Å². The quantitative estimate of drug-likeness (QED) is 0.811. The van der Waals surface area contributed by atoms with E-state index in [2.05, 4.69) is 22.2 Å².